The minimum Gasteiger partial charge on any atom is -0.490 e. The average Bonchev–Trinajstić information content (AvgIpc) is 3.19. The Morgan fingerprint density at radius 2 is 2.06 bits per heavy atom. The molecule has 0 spiro atoms. The van der Waals surface area contributed by atoms with Crippen LogP contribution in [0.25, 0.3) is 0 Å². The summed E-state index contributed by atoms with van der Waals surface area (Å²) in [6.45, 7) is 6.71. The molecule has 1 aliphatic rings. The van der Waals surface area contributed by atoms with Crippen molar-refractivity contribution in [3.05, 3.63) is 41.6 Å². The Bertz CT molecular complexity index is 1110. The van der Waals surface area contributed by atoms with Gasteiger partial charge in [0.2, 0.25) is 5.75 Å². The number of piperidine rings is 1. The predicted molar refractivity (Wildman–Crippen MR) is 131 cm³/mol. The molecule has 2 N–H and O–H groups in total. The third-order valence-corrected chi connectivity index (χ3v) is 6.52. The quantitative estimate of drug-likeness (QED) is 0.452. The van der Waals surface area contributed by atoms with Crippen molar-refractivity contribution in [3.63, 3.8) is 0 Å². The zero-order valence-electron chi connectivity index (χ0n) is 19.5. The number of aromatic nitrogens is 4. The molecule has 0 aliphatic carbocycles. The first-order valence-corrected chi connectivity index (χ1v) is 12.0. The molecule has 0 saturated carbocycles. The lowest BCUT2D eigenvalue weighted by Crippen LogP contribution is -2.38. The van der Waals surface area contributed by atoms with Gasteiger partial charge >= 0.3 is 0 Å². The molecule has 1 aliphatic heterocycles. The highest BCUT2D eigenvalue weighted by atomic mass is 32.2. The summed E-state index contributed by atoms with van der Waals surface area (Å²) in [5.74, 6) is 2.82. The van der Waals surface area contributed by atoms with Gasteiger partial charge in [-0.15, -0.1) is 0 Å². The Hall–Kier alpha value is -3.07. The number of Topliss-reactive ketones (excluding diaryl/α,β-unsaturated/α-hetero) is 1. The van der Waals surface area contributed by atoms with E-state index >= 15 is 0 Å². The summed E-state index contributed by atoms with van der Waals surface area (Å²) in [7, 11) is 1.65. The maximum atomic E-state index is 11.4. The normalized spacial score (nSPS) is 16.0. The number of aromatic amines is 1. The van der Waals surface area contributed by atoms with Gasteiger partial charge in [-0.25, -0.2) is 9.97 Å². The predicted octanol–water partition coefficient (Wildman–Crippen LogP) is 4.92. The fourth-order valence-electron chi connectivity index (χ4n) is 4.02. The number of carbonyl (C=O) groups is 1. The summed E-state index contributed by atoms with van der Waals surface area (Å²) in [5, 5.41) is 11.2. The minimum atomic E-state index is 0.151. The summed E-state index contributed by atoms with van der Waals surface area (Å²) in [6, 6.07) is 10.3. The molecule has 1 atom stereocenters. The van der Waals surface area contributed by atoms with Crippen LogP contribution in [-0.2, 0) is 11.2 Å². The first-order valence-electron chi connectivity index (χ1n) is 11.2. The Balaban J connectivity index is 1.70. The Morgan fingerprint density at radius 3 is 2.70 bits per heavy atom. The molecule has 33 heavy (non-hydrogen) atoms. The minimum absolute atomic E-state index is 0.151. The van der Waals surface area contributed by atoms with Crippen LogP contribution in [0.3, 0.4) is 0 Å². The van der Waals surface area contributed by atoms with Crippen LogP contribution in [0.1, 0.15) is 44.4 Å². The van der Waals surface area contributed by atoms with E-state index in [0.717, 1.165) is 41.4 Å². The lowest BCUT2D eigenvalue weighted by Gasteiger charge is -2.35. The van der Waals surface area contributed by atoms with Crippen LogP contribution in [0.4, 0.5) is 17.5 Å². The van der Waals surface area contributed by atoms with E-state index in [1.807, 2.05) is 37.3 Å². The Morgan fingerprint density at radius 1 is 1.27 bits per heavy atom. The molecule has 0 amide bonds. The Labute approximate surface area is 198 Å². The lowest BCUT2D eigenvalue weighted by atomic mass is 10.0. The van der Waals surface area contributed by atoms with Crippen LogP contribution < -0.4 is 15.0 Å². The molecule has 1 saturated heterocycles. The third-order valence-electron chi connectivity index (χ3n) is 5.64. The molecular weight excluding hydrogens is 436 g/mol. The monoisotopic (exact) mass is 466 g/mol. The number of benzene rings is 1. The van der Waals surface area contributed by atoms with E-state index in [4.69, 9.17) is 14.7 Å². The number of hydrogen-bond donors (Lipinski definition) is 2. The lowest BCUT2D eigenvalue weighted by molar-refractivity contribution is -0.116. The fourth-order valence-corrected chi connectivity index (χ4v) is 4.77. The molecule has 2 aromatic heterocycles. The van der Waals surface area contributed by atoms with E-state index in [-0.39, 0.29) is 5.78 Å². The number of carbonyl (C=O) groups excluding carboxylic acids is 1. The molecule has 1 unspecified atom stereocenters. The second kappa shape index (κ2) is 10.2. The molecule has 3 aromatic rings. The van der Waals surface area contributed by atoms with Gasteiger partial charge in [0.05, 0.1) is 7.11 Å². The van der Waals surface area contributed by atoms with Crippen LogP contribution in [0.15, 0.2) is 40.4 Å². The van der Waals surface area contributed by atoms with Gasteiger partial charge in [0, 0.05) is 35.7 Å². The van der Waals surface area contributed by atoms with Gasteiger partial charge in [0.1, 0.15) is 5.78 Å². The topological polar surface area (TPSA) is 96.0 Å². The highest BCUT2D eigenvalue weighted by Gasteiger charge is 2.27. The van der Waals surface area contributed by atoms with Crippen LogP contribution >= 0.6 is 11.8 Å². The van der Waals surface area contributed by atoms with E-state index in [0.29, 0.717) is 35.0 Å². The van der Waals surface area contributed by atoms with Gasteiger partial charge in [-0.3, -0.25) is 9.89 Å². The largest absolute Gasteiger partial charge is 0.490 e. The highest BCUT2D eigenvalue weighted by Crippen LogP contribution is 2.40. The van der Waals surface area contributed by atoms with Crippen LogP contribution in [0.5, 0.6) is 5.75 Å². The first kappa shape index (κ1) is 23.1. The smallest absolute Gasteiger partial charge is 0.204 e. The molecule has 9 heteroatoms. The fraction of sp³-hybridized carbons (Fsp3) is 0.417. The maximum absolute atomic E-state index is 11.4. The second-order valence-corrected chi connectivity index (χ2v) is 9.48. The number of aryl methyl sites for hydroxylation is 1. The summed E-state index contributed by atoms with van der Waals surface area (Å²) >= 11 is 1.49. The zero-order chi connectivity index (χ0) is 23.4. The molecule has 4 rings (SSSR count). The standard InChI is InChI=1S/C24H30N6O2S/c1-15-13-20(29-28-15)25-22-21(32-4)23(30-12-6-5-7-16(30)2)27-24(26-22)33-19-10-8-18(9-11-19)14-17(3)31/h8-11,13,16H,5-7,12,14H2,1-4H3,(H2,25,26,27,28,29). The van der Waals surface area contributed by atoms with Crippen LogP contribution in [0.2, 0.25) is 0 Å². The number of nitrogens with zero attached hydrogens (tertiary/aromatic N) is 4. The van der Waals surface area contributed by atoms with Crippen molar-refractivity contribution in [1.29, 1.82) is 0 Å². The van der Waals surface area contributed by atoms with Gasteiger partial charge in [0.15, 0.2) is 22.6 Å². The van der Waals surface area contributed by atoms with Crippen molar-refractivity contribution in [3.8, 4) is 5.75 Å². The van der Waals surface area contributed by atoms with Crippen LogP contribution in [0, 0.1) is 6.92 Å². The molecule has 8 nitrogen and oxygen atoms in total. The summed E-state index contributed by atoms with van der Waals surface area (Å²) in [6.07, 6.45) is 3.91. The third kappa shape index (κ3) is 5.65. The van der Waals surface area contributed by atoms with Gasteiger partial charge in [-0.05, 0) is 69.5 Å². The van der Waals surface area contributed by atoms with Crippen molar-refractivity contribution in [1.82, 2.24) is 20.2 Å². The molecule has 0 bridgehead atoms. The van der Waals surface area contributed by atoms with Crippen molar-refractivity contribution < 1.29 is 9.53 Å². The summed E-state index contributed by atoms with van der Waals surface area (Å²) in [5.41, 5.74) is 1.96. The number of ketones is 1. The number of H-pyrrole nitrogens is 1. The number of ether oxygens (including phenoxy) is 1. The number of anilines is 3. The zero-order valence-corrected chi connectivity index (χ0v) is 20.3. The van der Waals surface area contributed by atoms with Crippen LogP contribution in [-0.4, -0.2) is 45.6 Å². The second-order valence-electron chi connectivity index (χ2n) is 8.44. The summed E-state index contributed by atoms with van der Waals surface area (Å²) < 4.78 is 5.81. The Kier molecular flexibility index (Phi) is 7.17. The number of nitrogens with one attached hydrogen (secondary N) is 2. The van der Waals surface area contributed by atoms with E-state index in [2.05, 4.69) is 27.3 Å². The highest BCUT2D eigenvalue weighted by molar-refractivity contribution is 7.99. The van der Waals surface area contributed by atoms with Gasteiger partial charge in [-0.1, -0.05) is 12.1 Å². The van der Waals surface area contributed by atoms with Gasteiger partial charge < -0.3 is 15.0 Å². The van der Waals surface area contributed by atoms with Gasteiger partial charge in [-0.2, -0.15) is 5.10 Å². The maximum Gasteiger partial charge on any atom is 0.204 e. The molecule has 174 valence electrons. The van der Waals surface area contributed by atoms with E-state index in [9.17, 15) is 4.79 Å². The molecule has 1 fully saturated rings. The van der Waals surface area contributed by atoms with Crippen molar-refractivity contribution >= 4 is 35.0 Å². The molecular formula is C24H30N6O2S. The van der Waals surface area contributed by atoms with E-state index in [1.54, 1.807) is 14.0 Å². The number of methoxy groups -OCH3 is 1. The molecule has 0 radical (unpaired) electrons. The van der Waals surface area contributed by atoms with E-state index in [1.165, 1.54) is 18.2 Å². The number of rotatable bonds is 8. The number of hydrogen-bond acceptors (Lipinski definition) is 8. The average molecular weight is 467 g/mol. The van der Waals surface area contributed by atoms with Crippen molar-refractivity contribution in [2.24, 2.45) is 0 Å². The van der Waals surface area contributed by atoms with Gasteiger partial charge in [0.25, 0.3) is 0 Å². The first-order chi connectivity index (χ1) is 15.9. The van der Waals surface area contributed by atoms with E-state index < -0.39 is 0 Å². The molecule has 3 heterocycles. The van der Waals surface area contributed by atoms with Crippen molar-refractivity contribution in [2.75, 3.05) is 23.9 Å². The van der Waals surface area contributed by atoms with Crippen molar-refractivity contribution in [2.45, 2.75) is 62.5 Å². The SMILES string of the molecule is COc1c(Nc2cc(C)[nH]n2)nc(Sc2ccc(CC(C)=O)cc2)nc1N1CCCCC1C. The molecule has 1 aromatic carbocycles. The summed E-state index contributed by atoms with van der Waals surface area (Å²) in [4.78, 5) is 24.4.